The Labute approximate surface area is 105 Å². The first-order valence-electron chi connectivity index (χ1n) is 5.98. The van der Waals surface area contributed by atoms with Gasteiger partial charge < -0.3 is 14.6 Å². The number of nitrogens with zero attached hydrogens (tertiary/aromatic N) is 2. The Morgan fingerprint density at radius 2 is 2.28 bits per heavy atom. The molecule has 1 aliphatic rings. The van der Waals surface area contributed by atoms with Crippen LogP contribution in [0.4, 0.5) is 0 Å². The summed E-state index contributed by atoms with van der Waals surface area (Å²) in [6, 6.07) is -0.131. The number of amides is 1. The highest BCUT2D eigenvalue weighted by Crippen LogP contribution is 2.23. The fourth-order valence-electron chi connectivity index (χ4n) is 1.92. The Morgan fingerprint density at radius 1 is 1.50 bits per heavy atom. The van der Waals surface area contributed by atoms with Gasteiger partial charge in [0.25, 0.3) is 0 Å². The monoisotopic (exact) mass is 254 g/mol. The van der Waals surface area contributed by atoms with E-state index in [9.17, 15) is 4.79 Å². The van der Waals surface area contributed by atoms with Crippen LogP contribution in [0, 0.1) is 5.92 Å². The van der Waals surface area contributed by atoms with Crippen molar-refractivity contribution in [1.82, 2.24) is 20.8 Å². The molecule has 0 bridgehead atoms. The van der Waals surface area contributed by atoms with Gasteiger partial charge in [-0.2, -0.15) is 4.98 Å². The molecule has 1 amide bonds. The number of ether oxygens (including phenoxy) is 1. The summed E-state index contributed by atoms with van der Waals surface area (Å²) in [5, 5.41) is 9.72. The van der Waals surface area contributed by atoms with E-state index < -0.39 is 0 Å². The molecule has 1 fully saturated rings. The number of piperazine rings is 1. The summed E-state index contributed by atoms with van der Waals surface area (Å²) < 4.78 is 10.6. The van der Waals surface area contributed by atoms with Crippen LogP contribution in [0.1, 0.15) is 37.7 Å². The Hall–Kier alpha value is -1.47. The second-order valence-electron chi connectivity index (χ2n) is 4.63. The van der Waals surface area contributed by atoms with Gasteiger partial charge >= 0.3 is 0 Å². The highest BCUT2D eigenvalue weighted by atomic mass is 16.5. The predicted octanol–water partition coefficient (Wildman–Crippen LogP) is 0.174. The quantitative estimate of drug-likeness (QED) is 0.796. The normalized spacial score (nSPS) is 22.0. The second-order valence-corrected chi connectivity index (χ2v) is 4.63. The van der Waals surface area contributed by atoms with Gasteiger partial charge in [0.2, 0.25) is 17.6 Å². The minimum absolute atomic E-state index is 0.0251. The lowest BCUT2D eigenvalue weighted by Crippen LogP contribution is -2.47. The fourth-order valence-corrected chi connectivity index (χ4v) is 1.92. The van der Waals surface area contributed by atoms with Crippen LogP contribution in [-0.2, 0) is 9.53 Å². The van der Waals surface area contributed by atoms with Crippen LogP contribution in [0.15, 0.2) is 4.52 Å². The molecule has 1 saturated heterocycles. The summed E-state index contributed by atoms with van der Waals surface area (Å²) in [5.41, 5.74) is 0. The molecule has 0 aromatic carbocycles. The van der Waals surface area contributed by atoms with Gasteiger partial charge in [0.05, 0.1) is 6.54 Å². The lowest BCUT2D eigenvalue weighted by Gasteiger charge is -2.20. The zero-order chi connectivity index (χ0) is 13.1. The molecule has 18 heavy (non-hydrogen) atoms. The largest absolute Gasteiger partial charge is 0.373 e. The standard InChI is InChI=1S/C11H18N4O3/c1-6(2)9(17-3)10-14-11(18-15-10)7-4-13-8(16)5-12-7/h6-7,9,12H,4-5H2,1-3H3,(H,13,16). The van der Waals surface area contributed by atoms with E-state index in [-0.39, 0.29) is 30.5 Å². The number of aromatic nitrogens is 2. The molecule has 0 aliphatic carbocycles. The van der Waals surface area contributed by atoms with Crippen molar-refractivity contribution in [2.75, 3.05) is 20.2 Å². The van der Waals surface area contributed by atoms with Crippen molar-refractivity contribution in [2.45, 2.75) is 26.0 Å². The summed E-state index contributed by atoms with van der Waals surface area (Å²) in [6.07, 6.45) is -0.180. The summed E-state index contributed by atoms with van der Waals surface area (Å²) in [6.45, 7) is 4.78. The van der Waals surface area contributed by atoms with Crippen LogP contribution in [-0.4, -0.2) is 36.2 Å². The van der Waals surface area contributed by atoms with E-state index in [0.717, 1.165) is 0 Å². The number of hydrogen-bond acceptors (Lipinski definition) is 6. The maximum Gasteiger partial charge on any atom is 0.245 e. The number of rotatable bonds is 4. The van der Waals surface area contributed by atoms with Crippen molar-refractivity contribution in [1.29, 1.82) is 0 Å². The van der Waals surface area contributed by atoms with Crippen molar-refractivity contribution in [3.05, 3.63) is 11.7 Å². The zero-order valence-electron chi connectivity index (χ0n) is 10.8. The molecule has 2 heterocycles. The lowest BCUT2D eigenvalue weighted by molar-refractivity contribution is -0.121. The molecule has 0 radical (unpaired) electrons. The Bertz CT molecular complexity index is 408. The molecule has 1 aromatic heterocycles. The smallest absolute Gasteiger partial charge is 0.245 e. The van der Waals surface area contributed by atoms with E-state index >= 15 is 0 Å². The van der Waals surface area contributed by atoms with Crippen molar-refractivity contribution >= 4 is 5.91 Å². The molecular formula is C11H18N4O3. The van der Waals surface area contributed by atoms with Gasteiger partial charge in [0.15, 0.2) is 0 Å². The van der Waals surface area contributed by atoms with Crippen LogP contribution in [0.25, 0.3) is 0 Å². The highest BCUT2D eigenvalue weighted by molar-refractivity contribution is 5.78. The third kappa shape index (κ3) is 2.68. The third-order valence-electron chi connectivity index (χ3n) is 2.88. The molecule has 2 rings (SSSR count). The minimum Gasteiger partial charge on any atom is -0.373 e. The van der Waals surface area contributed by atoms with Crippen LogP contribution < -0.4 is 10.6 Å². The summed E-state index contributed by atoms with van der Waals surface area (Å²) in [7, 11) is 1.62. The average molecular weight is 254 g/mol. The number of methoxy groups -OCH3 is 1. The Balaban J connectivity index is 2.07. The molecule has 2 unspecified atom stereocenters. The first-order valence-corrected chi connectivity index (χ1v) is 5.98. The van der Waals surface area contributed by atoms with Crippen LogP contribution >= 0.6 is 0 Å². The second kappa shape index (κ2) is 5.45. The average Bonchev–Trinajstić information content (AvgIpc) is 2.80. The van der Waals surface area contributed by atoms with Crippen LogP contribution in [0.3, 0.4) is 0 Å². The van der Waals surface area contributed by atoms with Crippen molar-refractivity contribution < 1.29 is 14.1 Å². The van der Waals surface area contributed by atoms with E-state index in [4.69, 9.17) is 9.26 Å². The van der Waals surface area contributed by atoms with Gasteiger partial charge in [0, 0.05) is 13.7 Å². The van der Waals surface area contributed by atoms with Crippen molar-refractivity contribution in [2.24, 2.45) is 5.92 Å². The summed E-state index contributed by atoms with van der Waals surface area (Å²) >= 11 is 0. The molecule has 2 atom stereocenters. The Kier molecular flexibility index (Phi) is 3.93. The first-order chi connectivity index (χ1) is 8.61. The molecule has 1 aromatic rings. The third-order valence-corrected chi connectivity index (χ3v) is 2.88. The van der Waals surface area contributed by atoms with Crippen molar-refractivity contribution in [3.63, 3.8) is 0 Å². The van der Waals surface area contributed by atoms with E-state index in [1.165, 1.54) is 0 Å². The number of nitrogens with one attached hydrogen (secondary N) is 2. The number of hydrogen-bond donors (Lipinski definition) is 2. The maximum absolute atomic E-state index is 11.0. The molecule has 100 valence electrons. The van der Waals surface area contributed by atoms with E-state index in [0.29, 0.717) is 18.3 Å². The van der Waals surface area contributed by atoms with Gasteiger partial charge in [-0.15, -0.1) is 0 Å². The fraction of sp³-hybridized carbons (Fsp3) is 0.727. The first kappa shape index (κ1) is 13.0. The van der Waals surface area contributed by atoms with Gasteiger partial charge in [-0.3, -0.25) is 10.1 Å². The summed E-state index contributed by atoms with van der Waals surface area (Å²) in [4.78, 5) is 15.4. The van der Waals surface area contributed by atoms with Crippen LogP contribution in [0.5, 0.6) is 0 Å². The maximum atomic E-state index is 11.0. The Morgan fingerprint density at radius 3 is 2.83 bits per heavy atom. The lowest BCUT2D eigenvalue weighted by atomic mass is 10.1. The predicted molar refractivity (Wildman–Crippen MR) is 62.6 cm³/mol. The van der Waals surface area contributed by atoms with Crippen LogP contribution in [0.2, 0.25) is 0 Å². The van der Waals surface area contributed by atoms with Gasteiger partial charge in [0.1, 0.15) is 12.1 Å². The number of carbonyl (C=O) groups is 1. The van der Waals surface area contributed by atoms with Gasteiger partial charge in [-0.05, 0) is 5.92 Å². The van der Waals surface area contributed by atoms with Crippen molar-refractivity contribution in [3.8, 4) is 0 Å². The minimum atomic E-state index is -0.180. The number of carbonyl (C=O) groups excluding carboxylic acids is 1. The SMILES string of the molecule is COC(c1noc(C2CNC(=O)CN2)n1)C(C)C. The molecule has 0 saturated carbocycles. The molecule has 7 nitrogen and oxygen atoms in total. The van der Waals surface area contributed by atoms with E-state index in [1.54, 1.807) is 7.11 Å². The highest BCUT2D eigenvalue weighted by Gasteiger charge is 2.27. The molecular weight excluding hydrogens is 236 g/mol. The van der Waals surface area contributed by atoms with E-state index in [1.807, 2.05) is 13.8 Å². The molecule has 7 heteroatoms. The van der Waals surface area contributed by atoms with Gasteiger partial charge in [-0.25, -0.2) is 0 Å². The summed E-state index contributed by atoms with van der Waals surface area (Å²) in [5.74, 6) is 1.26. The van der Waals surface area contributed by atoms with E-state index in [2.05, 4.69) is 20.8 Å². The zero-order valence-corrected chi connectivity index (χ0v) is 10.8. The van der Waals surface area contributed by atoms with Gasteiger partial charge in [-0.1, -0.05) is 19.0 Å². The molecule has 0 spiro atoms. The molecule has 1 aliphatic heterocycles. The topological polar surface area (TPSA) is 89.3 Å². The molecule has 2 N–H and O–H groups in total.